The molecule has 1 nitrogen and oxygen atoms in total. The van der Waals surface area contributed by atoms with E-state index in [1.54, 1.807) is 0 Å². The largest absolute Gasteiger partial charge is 0.334 e. The summed E-state index contributed by atoms with van der Waals surface area (Å²) in [5.74, 6) is 2.70. The molecular weight excluding hydrogens is 146 g/mol. The zero-order chi connectivity index (χ0) is 8.65. The van der Waals surface area contributed by atoms with Crippen LogP contribution in [0.5, 0.6) is 0 Å². The lowest BCUT2D eigenvalue weighted by molar-refractivity contribution is -0.681. The SMILES string of the molecule is C#CC[NH2+]C1CCCCCCC1. The number of rotatable bonds is 2. The van der Waals surface area contributed by atoms with Crippen LogP contribution in [-0.4, -0.2) is 12.6 Å². The van der Waals surface area contributed by atoms with Gasteiger partial charge in [-0.1, -0.05) is 19.3 Å². The Hall–Kier alpha value is -0.480. The molecule has 1 rings (SSSR count). The minimum atomic E-state index is 0.821. The molecule has 2 N–H and O–H groups in total. The van der Waals surface area contributed by atoms with Crippen molar-refractivity contribution in [3.05, 3.63) is 0 Å². The van der Waals surface area contributed by atoms with E-state index in [1.807, 2.05) is 0 Å². The third kappa shape index (κ3) is 3.78. The van der Waals surface area contributed by atoms with Crippen LogP contribution in [0.3, 0.4) is 0 Å². The fourth-order valence-electron chi connectivity index (χ4n) is 1.96. The summed E-state index contributed by atoms with van der Waals surface area (Å²) in [6.45, 7) is 0.866. The summed E-state index contributed by atoms with van der Waals surface area (Å²) in [4.78, 5) is 0. The highest BCUT2D eigenvalue weighted by Crippen LogP contribution is 2.14. The Morgan fingerprint density at radius 3 is 2.25 bits per heavy atom. The van der Waals surface area contributed by atoms with Crippen LogP contribution in [0, 0.1) is 12.3 Å². The summed E-state index contributed by atoms with van der Waals surface area (Å²) >= 11 is 0. The average molecular weight is 166 g/mol. The summed E-state index contributed by atoms with van der Waals surface area (Å²) in [6.07, 6.45) is 15.1. The van der Waals surface area contributed by atoms with Crippen LogP contribution in [0.2, 0.25) is 0 Å². The predicted octanol–water partition coefficient (Wildman–Crippen LogP) is 1.30. The number of quaternary nitrogens is 1. The molecule has 0 radical (unpaired) electrons. The van der Waals surface area contributed by atoms with Crippen molar-refractivity contribution in [2.45, 2.75) is 51.0 Å². The lowest BCUT2D eigenvalue weighted by atomic mass is 9.97. The smallest absolute Gasteiger partial charge is 0.137 e. The van der Waals surface area contributed by atoms with Crippen molar-refractivity contribution in [3.8, 4) is 12.3 Å². The molecule has 0 amide bonds. The van der Waals surface area contributed by atoms with Gasteiger partial charge in [0.25, 0.3) is 0 Å². The fourth-order valence-corrected chi connectivity index (χ4v) is 1.96. The van der Waals surface area contributed by atoms with E-state index in [0.717, 1.165) is 12.6 Å². The predicted molar refractivity (Wildman–Crippen MR) is 51.7 cm³/mol. The lowest BCUT2D eigenvalue weighted by Gasteiger charge is -2.16. The molecule has 68 valence electrons. The molecule has 1 fully saturated rings. The van der Waals surface area contributed by atoms with Gasteiger partial charge in [-0.15, -0.1) is 6.42 Å². The van der Waals surface area contributed by atoms with Gasteiger partial charge in [-0.25, -0.2) is 0 Å². The van der Waals surface area contributed by atoms with E-state index in [9.17, 15) is 0 Å². The molecule has 0 aliphatic heterocycles. The minimum absolute atomic E-state index is 0.821. The van der Waals surface area contributed by atoms with Crippen molar-refractivity contribution in [3.63, 3.8) is 0 Å². The second-order valence-electron chi connectivity index (χ2n) is 3.75. The molecule has 1 saturated carbocycles. The van der Waals surface area contributed by atoms with E-state index in [1.165, 1.54) is 44.9 Å². The van der Waals surface area contributed by atoms with Gasteiger partial charge < -0.3 is 5.32 Å². The summed E-state index contributed by atoms with van der Waals surface area (Å²) in [5, 5.41) is 2.34. The molecule has 0 bridgehead atoms. The Morgan fingerprint density at radius 1 is 1.08 bits per heavy atom. The quantitative estimate of drug-likeness (QED) is 0.595. The third-order valence-electron chi connectivity index (χ3n) is 2.72. The van der Waals surface area contributed by atoms with E-state index in [4.69, 9.17) is 6.42 Å². The van der Waals surface area contributed by atoms with Crippen LogP contribution in [0.1, 0.15) is 44.9 Å². The van der Waals surface area contributed by atoms with E-state index in [0.29, 0.717) is 0 Å². The molecule has 12 heavy (non-hydrogen) atoms. The molecule has 1 aliphatic rings. The van der Waals surface area contributed by atoms with Crippen LogP contribution in [0.4, 0.5) is 0 Å². The normalized spacial score (nSPS) is 20.9. The van der Waals surface area contributed by atoms with E-state index in [2.05, 4.69) is 11.2 Å². The van der Waals surface area contributed by atoms with Gasteiger partial charge in [-0.2, -0.15) is 0 Å². The molecule has 1 heteroatoms. The van der Waals surface area contributed by atoms with Gasteiger partial charge in [0, 0.05) is 0 Å². The molecule has 0 atom stereocenters. The molecule has 0 saturated heterocycles. The Kier molecular flexibility index (Phi) is 4.87. The van der Waals surface area contributed by atoms with Crippen molar-refractivity contribution >= 4 is 0 Å². The summed E-state index contributed by atoms with van der Waals surface area (Å²) in [6, 6.07) is 0.821. The van der Waals surface area contributed by atoms with Crippen LogP contribution in [0.25, 0.3) is 0 Å². The first-order valence-electron chi connectivity index (χ1n) is 5.20. The highest BCUT2D eigenvalue weighted by Gasteiger charge is 2.12. The molecule has 0 unspecified atom stereocenters. The summed E-state index contributed by atoms with van der Waals surface area (Å²) in [5.41, 5.74) is 0. The van der Waals surface area contributed by atoms with Gasteiger partial charge in [-0.3, -0.25) is 0 Å². The zero-order valence-electron chi connectivity index (χ0n) is 7.89. The first-order valence-corrected chi connectivity index (χ1v) is 5.20. The van der Waals surface area contributed by atoms with Gasteiger partial charge in [0.1, 0.15) is 6.54 Å². The van der Waals surface area contributed by atoms with Crippen LogP contribution in [-0.2, 0) is 0 Å². The highest BCUT2D eigenvalue weighted by atomic mass is 14.9. The number of nitrogens with two attached hydrogens (primary N) is 1. The van der Waals surface area contributed by atoms with Crippen molar-refractivity contribution in [2.24, 2.45) is 0 Å². The minimum Gasteiger partial charge on any atom is -0.334 e. The Bertz CT molecular complexity index is 138. The molecule has 0 spiro atoms. The molecular formula is C11H20N+. The molecule has 0 heterocycles. The van der Waals surface area contributed by atoms with Crippen LogP contribution in [0.15, 0.2) is 0 Å². The first kappa shape index (κ1) is 9.61. The van der Waals surface area contributed by atoms with E-state index in [-0.39, 0.29) is 0 Å². The molecule has 0 aromatic heterocycles. The second-order valence-corrected chi connectivity index (χ2v) is 3.75. The topological polar surface area (TPSA) is 16.6 Å². The van der Waals surface area contributed by atoms with Gasteiger partial charge in [0.15, 0.2) is 0 Å². The van der Waals surface area contributed by atoms with Crippen molar-refractivity contribution in [1.29, 1.82) is 0 Å². The number of hydrogen-bond acceptors (Lipinski definition) is 0. The standard InChI is InChI=1S/C11H19N/c1-2-10-12-11-8-6-4-3-5-7-9-11/h1,11-12H,3-10H2/p+1. The molecule has 0 aromatic rings. The van der Waals surface area contributed by atoms with Crippen molar-refractivity contribution < 1.29 is 5.32 Å². The van der Waals surface area contributed by atoms with E-state index >= 15 is 0 Å². The van der Waals surface area contributed by atoms with Gasteiger partial charge in [-0.05, 0) is 31.6 Å². The second kappa shape index (κ2) is 6.08. The van der Waals surface area contributed by atoms with Crippen molar-refractivity contribution in [1.82, 2.24) is 0 Å². The maximum Gasteiger partial charge on any atom is 0.137 e. The maximum atomic E-state index is 5.23. The highest BCUT2D eigenvalue weighted by molar-refractivity contribution is 4.81. The molecule has 0 aromatic carbocycles. The Morgan fingerprint density at radius 2 is 1.67 bits per heavy atom. The van der Waals surface area contributed by atoms with Gasteiger partial charge >= 0.3 is 0 Å². The van der Waals surface area contributed by atoms with Gasteiger partial charge in [0.2, 0.25) is 0 Å². The zero-order valence-corrected chi connectivity index (χ0v) is 7.89. The maximum absolute atomic E-state index is 5.23. The summed E-state index contributed by atoms with van der Waals surface area (Å²) in [7, 11) is 0. The lowest BCUT2D eigenvalue weighted by Crippen LogP contribution is -2.89. The Labute approximate surface area is 75.9 Å². The fraction of sp³-hybridized carbons (Fsp3) is 0.818. The number of terminal acetylenes is 1. The summed E-state index contributed by atoms with van der Waals surface area (Å²) < 4.78 is 0. The van der Waals surface area contributed by atoms with Crippen molar-refractivity contribution in [2.75, 3.05) is 6.54 Å². The first-order chi connectivity index (χ1) is 5.93. The van der Waals surface area contributed by atoms with Gasteiger partial charge in [0.05, 0.1) is 6.04 Å². The monoisotopic (exact) mass is 166 g/mol. The average Bonchev–Trinajstić information content (AvgIpc) is 2.02. The third-order valence-corrected chi connectivity index (χ3v) is 2.72. The van der Waals surface area contributed by atoms with E-state index < -0.39 is 0 Å². The molecule has 1 aliphatic carbocycles. The Balaban J connectivity index is 2.16. The number of hydrogen-bond donors (Lipinski definition) is 1. The van der Waals surface area contributed by atoms with Crippen LogP contribution >= 0.6 is 0 Å². The van der Waals surface area contributed by atoms with Crippen LogP contribution < -0.4 is 5.32 Å².